The topological polar surface area (TPSA) is 76.4 Å². The number of nitrogens with two attached hydrogens (primary N) is 1. The first kappa shape index (κ1) is 14.4. The Kier molecular flexibility index (Phi) is 4.29. The highest BCUT2D eigenvalue weighted by Gasteiger charge is 2.09. The monoisotopic (exact) mass is 294 g/mol. The molecule has 0 unspecified atom stereocenters. The Morgan fingerprint density at radius 1 is 1.50 bits per heavy atom. The minimum Gasteiger partial charge on any atom is -0.409 e. The van der Waals surface area contributed by atoms with Gasteiger partial charge in [-0.15, -0.1) is 11.8 Å². The number of thioether (sulfide) groups is 1. The second-order valence-corrected chi connectivity index (χ2v) is 5.32. The second-order valence-electron chi connectivity index (χ2n) is 4.33. The van der Waals surface area contributed by atoms with Gasteiger partial charge in [0, 0.05) is 18.4 Å². The van der Waals surface area contributed by atoms with Gasteiger partial charge in [-0.1, -0.05) is 17.3 Å². The summed E-state index contributed by atoms with van der Waals surface area (Å²) in [7, 11) is 1.85. The van der Waals surface area contributed by atoms with E-state index in [0.717, 1.165) is 10.7 Å². The van der Waals surface area contributed by atoms with Crippen molar-refractivity contribution < 1.29 is 9.60 Å². The van der Waals surface area contributed by atoms with Crippen LogP contribution in [0.5, 0.6) is 0 Å². The van der Waals surface area contributed by atoms with Crippen LogP contribution in [0.1, 0.15) is 16.8 Å². The SMILES string of the molecule is Cc1cc(SCc2ccc(C(N)=NO)cc2F)n(C)n1. The number of aryl methyl sites for hydroxylation is 2. The van der Waals surface area contributed by atoms with Crippen molar-refractivity contribution in [1.82, 2.24) is 9.78 Å². The van der Waals surface area contributed by atoms with Crippen LogP contribution < -0.4 is 5.73 Å². The van der Waals surface area contributed by atoms with Crippen molar-refractivity contribution in [1.29, 1.82) is 0 Å². The van der Waals surface area contributed by atoms with Crippen LogP contribution in [-0.2, 0) is 12.8 Å². The predicted octanol–water partition coefficient (Wildman–Crippen LogP) is 2.25. The lowest BCUT2D eigenvalue weighted by Crippen LogP contribution is -2.13. The van der Waals surface area contributed by atoms with Crippen molar-refractivity contribution >= 4 is 17.6 Å². The summed E-state index contributed by atoms with van der Waals surface area (Å²) in [5, 5.41) is 16.6. The van der Waals surface area contributed by atoms with Gasteiger partial charge in [0.1, 0.15) is 5.82 Å². The van der Waals surface area contributed by atoms with E-state index in [2.05, 4.69) is 10.3 Å². The van der Waals surface area contributed by atoms with E-state index in [4.69, 9.17) is 10.9 Å². The smallest absolute Gasteiger partial charge is 0.170 e. The fraction of sp³-hybridized carbons (Fsp3) is 0.231. The number of benzene rings is 1. The van der Waals surface area contributed by atoms with Gasteiger partial charge in [0.05, 0.1) is 10.7 Å². The number of amidine groups is 1. The third-order valence-electron chi connectivity index (χ3n) is 2.79. The van der Waals surface area contributed by atoms with Gasteiger partial charge >= 0.3 is 0 Å². The fourth-order valence-electron chi connectivity index (χ4n) is 1.76. The Bertz CT molecular complexity index is 654. The van der Waals surface area contributed by atoms with Gasteiger partial charge in [-0.25, -0.2) is 4.39 Å². The number of aromatic nitrogens is 2. The highest BCUT2D eigenvalue weighted by Crippen LogP contribution is 2.24. The molecule has 7 heteroatoms. The van der Waals surface area contributed by atoms with E-state index in [1.165, 1.54) is 17.8 Å². The molecule has 0 aliphatic rings. The van der Waals surface area contributed by atoms with Crippen molar-refractivity contribution in [2.75, 3.05) is 0 Å². The zero-order valence-electron chi connectivity index (χ0n) is 11.2. The van der Waals surface area contributed by atoms with Crippen LogP contribution in [0.3, 0.4) is 0 Å². The molecule has 0 spiro atoms. The van der Waals surface area contributed by atoms with E-state index >= 15 is 0 Å². The molecule has 3 N–H and O–H groups in total. The average molecular weight is 294 g/mol. The molecule has 0 aliphatic carbocycles. The second kappa shape index (κ2) is 5.96. The van der Waals surface area contributed by atoms with Crippen molar-refractivity contribution in [3.63, 3.8) is 0 Å². The number of hydrogen-bond acceptors (Lipinski definition) is 4. The molecule has 106 valence electrons. The highest BCUT2D eigenvalue weighted by molar-refractivity contribution is 7.98. The largest absolute Gasteiger partial charge is 0.409 e. The van der Waals surface area contributed by atoms with E-state index < -0.39 is 0 Å². The molecule has 0 radical (unpaired) electrons. The first-order valence-electron chi connectivity index (χ1n) is 5.91. The van der Waals surface area contributed by atoms with E-state index in [9.17, 15) is 4.39 Å². The van der Waals surface area contributed by atoms with Crippen molar-refractivity contribution in [2.24, 2.45) is 17.9 Å². The van der Waals surface area contributed by atoms with Gasteiger partial charge in [-0.2, -0.15) is 5.10 Å². The molecule has 0 saturated heterocycles. The maximum Gasteiger partial charge on any atom is 0.170 e. The number of halogens is 1. The van der Waals surface area contributed by atoms with Crippen molar-refractivity contribution in [3.8, 4) is 0 Å². The molecule has 0 saturated carbocycles. The minimum atomic E-state index is -0.375. The molecule has 0 aliphatic heterocycles. The Morgan fingerprint density at radius 3 is 2.80 bits per heavy atom. The number of rotatable bonds is 4. The van der Waals surface area contributed by atoms with Crippen LogP contribution in [0.15, 0.2) is 34.4 Å². The Labute approximate surface area is 120 Å². The van der Waals surface area contributed by atoms with Crippen molar-refractivity contribution in [3.05, 3.63) is 46.9 Å². The fourth-order valence-corrected chi connectivity index (χ4v) is 2.77. The van der Waals surface area contributed by atoms with Crippen LogP contribution in [0, 0.1) is 12.7 Å². The summed E-state index contributed by atoms with van der Waals surface area (Å²) >= 11 is 1.50. The molecule has 0 fully saturated rings. The van der Waals surface area contributed by atoms with Gasteiger partial charge in [0.15, 0.2) is 5.84 Å². The average Bonchev–Trinajstić information content (AvgIpc) is 2.74. The number of nitrogens with zero attached hydrogens (tertiary/aromatic N) is 3. The maximum absolute atomic E-state index is 13.9. The predicted molar refractivity (Wildman–Crippen MR) is 76.4 cm³/mol. The molecule has 5 nitrogen and oxygen atoms in total. The van der Waals surface area contributed by atoms with Gasteiger partial charge < -0.3 is 10.9 Å². The van der Waals surface area contributed by atoms with E-state index in [1.807, 2.05) is 20.0 Å². The molecule has 1 aromatic heterocycles. The molecule has 0 bridgehead atoms. The first-order chi connectivity index (χ1) is 9.51. The summed E-state index contributed by atoms with van der Waals surface area (Å²) < 4.78 is 15.7. The van der Waals surface area contributed by atoms with E-state index in [1.54, 1.807) is 16.8 Å². The molecule has 2 rings (SSSR count). The van der Waals surface area contributed by atoms with E-state index in [0.29, 0.717) is 16.9 Å². The zero-order valence-corrected chi connectivity index (χ0v) is 12.0. The Hall–Kier alpha value is -2.02. The highest BCUT2D eigenvalue weighted by atomic mass is 32.2. The molecular formula is C13H15FN4OS. The molecule has 0 amide bonds. The molecule has 1 heterocycles. The summed E-state index contributed by atoms with van der Waals surface area (Å²) in [6.07, 6.45) is 0. The van der Waals surface area contributed by atoms with Gasteiger partial charge in [-0.3, -0.25) is 4.68 Å². The van der Waals surface area contributed by atoms with Crippen molar-refractivity contribution in [2.45, 2.75) is 17.7 Å². The van der Waals surface area contributed by atoms with Gasteiger partial charge in [0.2, 0.25) is 0 Å². The Balaban J connectivity index is 2.12. The number of hydrogen-bond donors (Lipinski definition) is 2. The zero-order chi connectivity index (χ0) is 14.7. The molecular weight excluding hydrogens is 279 g/mol. The molecule has 1 aromatic carbocycles. The summed E-state index contributed by atoms with van der Waals surface area (Å²) in [6.45, 7) is 1.91. The summed E-state index contributed by atoms with van der Waals surface area (Å²) in [5.74, 6) is 0.00667. The third-order valence-corrected chi connectivity index (χ3v) is 3.92. The number of oxime groups is 1. The lowest BCUT2D eigenvalue weighted by Gasteiger charge is -2.05. The molecule has 20 heavy (non-hydrogen) atoms. The third kappa shape index (κ3) is 3.11. The van der Waals surface area contributed by atoms with Crippen LogP contribution >= 0.6 is 11.8 Å². The molecule has 0 atom stereocenters. The standard InChI is InChI=1S/C13H15FN4OS/c1-8-5-12(18(2)16-8)20-7-10-4-3-9(6-11(10)14)13(15)17-19/h3-6,19H,7H2,1-2H3,(H2,15,17). The normalized spacial score (nSPS) is 11.8. The van der Waals surface area contributed by atoms with Crippen LogP contribution in [0.4, 0.5) is 4.39 Å². The minimum absolute atomic E-state index is 0.106. The lowest BCUT2D eigenvalue weighted by molar-refractivity contribution is 0.318. The summed E-state index contributed by atoms with van der Waals surface area (Å²) in [6, 6.07) is 6.48. The van der Waals surface area contributed by atoms with Gasteiger partial charge in [-0.05, 0) is 24.6 Å². The summed E-state index contributed by atoms with van der Waals surface area (Å²) in [5.41, 5.74) is 7.26. The van der Waals surface area contributed by atoms with Gasteiger partial charge in [0.25, 0.3) is 0 Å². The Morgan fingerprint density at radius 2 is 2.25 bits per heavy atom. The first-order valence-corrected chi connectivity index (χ1v) is 6.89. The van der Waals surface area contributed by atoms with E-state index in [-0.39, 0.29) is 11.7 Å². The maximum atomic E-state index is 13.9. The summed E-state index contributed by atoms with van der Waals surface area (Å²) in [4.78, 5) is 0. The quantitative estimate of drug-likeness (QED) is 0.298. The van der Waals surface area contributed by atoms with Crippen LogP contribution in [0.2, 0.25) is 0 Å². The van der Waals surface area contributed by atoms with Crippen LogP contribution in [-0.4, -0.2) is 20.8 Å². The van der Waals surface area contributed by atoms with Crippen LogP contribution in [0.25, 0.3) is 0 Å². The lowest BCUT2D eigenvalue weighted by atomic mass is 10.1. The molecule has 2 aromatic rings.